The van der Waals surface area contributed by atoms with Crippen molar-refractivity contribution < 1.29 is 4.79 Å². The van der Waals surface area contributed by atoms with Gasteiger partial charge in [0.25, 0.3) is 5.91 Å². The zero-order chi connectivity index (χ0) is 16.5. The number of nitrogens with zero attached hydrogens (tertiary/aromatic N) is 5. The molecule has 0 N–H and O–H groups in total. The smallest absolute Gasteiger partial charge is 0.273 e. The number of aryl methyl sites for hydroxylation is 1. The van der Waals surface area contributed by atoms with Crippen LogP contribution in [0.5, 0.6) is 0 Å². The molecule has 3 aromatic rings. The average molecular weight is 359 g/mol. The molecule has 0 aliphatic carbocycles. The summed E-state index contributed by atoms with van der Waals surface area (Å²) in [4.78, 5) is 20.2. The third kappa shape index (κ3) is 2.87. The fourth-order valence-corrected chi connectivity index (χ4v) is 4.66. The molecule has 1 saturated heterocycles. The topological polar surface area (TPSA) is 63.9 Å². The van der Waals surface area contributed by atoms with Crippen LogP contribution in [-0.2, 0) is 7.05 Å². The number of amides is 1. The van der Waals surface area contributed by atoms with E-state index in [4.69, 9.17) is 0 Å². The minimum absolute atomic E-state index is 0.0328. The average Bonchev–Trinajstić information content (AvgIpc) is 3.35. The van der Waals surface area contributed by atoms with Gasteiger partial charge in [-0.1, -0.05) is 6.07 Å². The first-order valence-corrected chi connectivity index (χ1v) is 9.61. The lowest BCUT2D eigenvalue weighted by atomic mass is 9.96. The Bertz CT molecular complexity index is 830. The number of carbonyl (C=O) groups excluding carboxylic acids is 1. The van der Waals surface area contributed by atoms with E-state index in [1.54, 1.807) is 17.7 Å². The highest BCUT2D eigenvalue weighted by Gasteiger charge is 2.28. The van der Waals surface area contributed by atoms with Crippen LogP contribution >= 0.6 is 22.7 Å². The molecule has 0 aromatic carbocycles. The summed E-state index contributed by atoms with van der Waals surface area (Å²) < 4.78 is 1.97. The number of thiophene rings is 1. The lowest BCUT2D eigenvalue weighted by Gasteiger charge is -2.31. The number of hydrogen-bond acceptors (Lipinski definition) is 6. The van der Waals surface area contributed by atoms with Gasteiger partial charge < -0.3 is 9.47 Å². The maximum absolute atomic E-state index is 12.7. The van der Waals surface area contributed by atoms with Crippen LogP contribution in [-0.4, -0.2) is 43.6 Å². The molecule has 124 valence electrons. The SMILES string of the molecule is Cn1cnnc1C1CCN(C(=O)c2csc(-c3cccs3)n2)CC1. The van der Waals surface area contributed by atoms with Gasteiger partial charge in [0.15, 0.2) is 0 Å². The molecule has 0 bridgehead atoms. The van der Waals surface area contributed by atoms with E-state index < -0.39 is 0 Å². The maximum atomic E-state index is 12.7. The first-order chi connectivity index (χ1) is 11.7. The molecular weight excluding hydrogens is 342 g/mol. The van der Waals surface area contributed by atoms with Crippen molar-refractivity contribution in [1.82, 2.24) is 24.6 Å². The van der Waals surface area contributed by atoms with Crippen molar-refractivity contribution in [3.05, 3.63) is 40.7 Å². The van der Waals surface area contributed by atoms with Crippen molar-refractivity contribution in [2.75, 3.05) is 13.1 Å². The maximum Gasteiger partial charge on any atom is 0.273 e. The van der Waals surface area contributed by atoms with E-state index in [1.807, 2.05) is 39.4 Å². The summed E-state index contributed by atoms with van der Waals surface area (Å²) in [6.07, 6.45) is 3.56. The number of aromatic nitrogens is 4. The molecule has 1 fully saturated rings. The highest BCUT2D eigenvalue weighted by Crippen LogP contribution is 2.30. The lowest BCUT2D eigenvalue weighted by molar-refractivity contribution is 0.0705. The standard InChI is InChI=1S/C16H17N5OS2/c1-20-10-17-19-14(20)11-4-6-21(7-5-11)16(22)12-9-24-15(18-12)13-3-2-8-23-13/h2-3,8-11H,4-7H2,1H3. The first kappa shape index (κ1) is 15.5. The summed E-state index contributed by atoms with van der Waals surface area (Å²) in [6, 6.07) is 4.03. The van der Waals surface area contributed by atoms with Crippen molar-refractivity contribution >= 4 is 28.6 Å². The summed E-state index contributed by atoms with van der Waals surface area (Å²) in [7, 11) is 1.97. The van der Waals surface area contributed by atoms with Crippen LogP contribution in [0.15, 0.2) is 29.2 Å². The fourth-order valence-electron chi connectivity index (χ4n) is 3.05. The molecule has 4 rings (SSSR count). The Labute approximate surface area is 147 Å². The Morgan fingerprint density at radius 1 is 1.29 bits per heavy atom. The minimum atomic E-state index is 0.0328. The summed E-state index contributed by atoms with van der Waals surface area (Å²) in [5.41, 5.74) is 0.556. The van der Waals surface area contributed by atoms with Gasteiger partial charge in [-0.3, -0.25) is 4.79 Å². The molecule has 0 unspecified atom stereocenters. The molecule has 3 aromatic heterocycles. The monoisotopic (exact) mass is 359 g/mol. The Morgan fingerprint density at radius 2 is 2.12 bits per heavy atom. The third-order valence-electron chi connectivity index (χ3n) is 4.35. The van der Waals surface area contributed by atoms with Crippen LogP contribution in [0.25, 0.3) is 9.88 Å². The number of carbonyl (C=O) groups is 1. The van der Waals surface area contributed by atoms with Gasteiger partial charge in [-0.05, 0) is 24.3 Å². The van der Waals surface area contributed by atoms with Gasteiger partial charge in [0.05, 0.1) is 4.88 Å². The van der Waals surface area contributed by atoms with Crippen LogP contribution in [0.3, 0.4) is 0 Å². The van der Waals surface area contributed by atoms with Crippen LogP contribution in [0.2, 0.25) is 0 Å². The second-order valence-electron chi connectivity index (χ2n) is 5.88. The fraction of sp³-hybridized carbons (Fsp3) is 0.375. The van der Waals surface area contributed by atoms with Gasteiger partial charge in [0.2, 0.25) is 0 Å². The van der Waals surface area contributed by atoms with E-state index in [9.17, 15) is 4.79 Å². The number of hydrogen-bond donors (Lipinski definition) is 0. The number of likely N-dealkylation sites (tertiary alicyclic amines) is 1. The molecule has 0 atom stereocenters. The Hall–Kier alpha value is -2.06. The van der Waals surface area contributed by atoms with E-state index in [1.165, 1.54) is 11.3 Å². The second-order valence-corrected chi connectivity index (χ2v) is 7.69. The molecule has 0 radical (unpaired) electrons. The summed E-state index contributed by atoms with van der Waals surface area (Å²) >= 11 is 3.17. The molecule has 6 nitrogen and oxygen atoms in total. The van der Waals surface area contributed by atoms with Gasteiger partial charge in [-0.15, -0.1) is 32.9 Å². The molecule has 24 heavy (non-hydrogen) atoms. The zero-order valence-corrected chi connectivity index (χ0v) is 14.9. The van der Waals surface area contributed by atoms with Crippen molar-refractivity contribution in [2.45, 2.75) is 18.8 Å². The quantitative estimate of drug-likeness (QED) is 0.721. The van der Waals surface area contributed by atoms with E-state index in [-0.39, 0.29) is 5.91 Å². The first-order valence-electron chi connectivity index (χ1n) is 7.85. The van der Waals surface area contributed by atoms with Gasteiger partial charge >= 0.3 is 0 Å². The highest BCUT2D eigenvalue weighted by molar-refractivity contribution is 7.20. The minimum Gasteiger partial charge on any atom is -0.337 e. The second kappa shape index (κ2) is 6.45. The van der Waals surface area contributed by atoms with Crippen molar-refractivity contribution in [3.63, 3.8) is 0 Å². The van der Waals surface area contributed by atoms with Crippen LogP contribution < -0.4 is 0 Å². The van der Waals surface area contributed by atoms with Crippen LogP contribution in [0.4, 0.5) is 0 Å². The molecule has 1 amide bonds. The van der Waals surface area contributed by atoms with Crippen molar-refractivity contribution in [1.29, 1.82) is 0 Å². The molecule has 4 heterocycles. The Kier molecular flexibility index (Phi) is 4.15. The van der Waals surface area contributed by atoms with Gasteiger partial charge in [0.1, 0.15) is 22.9 Å². The number of piperidine rings is 1. The van der Waals surface area contributed by atoms with Gasteiger partial charge in [0, 0.05) is 31.4 Å². The predicted octanol–water partition coefficient (Wildman–Crippen LogP) is 3.02. The predicted molar refractivity (Wildman–Crippen MR) is 94.3 cm³/mol. The van der Waals surface area contributed by atoms with Gasteiger partial charge in [-0.2, -0.15) is 0 Å². The number of rotatable bonds is 3. The van der Waals surface area contributed by atoms with Crippen molar-refractivity contribution in [3.8, 4) is 9.88 Å². The normalized spacial score (nSPS) is 15.8. The molecule has 0 spiro atoms. The van der Waals surface area contributed by atoms with E-state index in [0.717, 1.165) is 41.6 Å². The van der Waals surface area contributed by atoms with Gasteiger partial charge in [-0.25, -0.2) is 4.98 Å². The molecule has 1 aliphatic rings. The van der Waals surface area contributed by atoms with E-state index in [2.05, 4.69) is 15.2 Å². The number of thiazole rings is 1. The zero-order valence-electron chi connectivity index (χ0n) is 13.3. The summed E-state index contributed by atoms with van der Waals surface area (Å²) in [5.74, 6) is 1.42. The molecular formula is C16H17N5OS2. The van der Waals surface area contributed by atoms with Crippen LogP contribution in [0.1, 0.15) is 35.1 Å². The highest BCUT2D eigenvalue weighted by atomic mass is 32.1. The Balaban J connectivity index is 1.42. The van der Waals surface area contributed by atoms with Crippen molar-refractivity contribution in [2.24, 2.45) is 7.05 Å². The molecule has 0 saturated carbocycles. The third-order valence-corrected chi connectivity index (χ3v) is 6.23. The summed E-state index contributed by atoms with van der Waals surface area (Å²) in [6.45, 7) is 1.48. The lowest BCUT2D eigenvalue weighted by Crippen LogP contribution is -2.38. The summed E-state index contributed by atoms with van der Waals surface area (Å²) in [5, 5.41) is 13.0. The Morgan fingerprint density at radius 3 is 2.79 bits per heavy atom. The largest absolute Gasteiger partial charge is 0.337 e. The molecule has 1 aliphatic heterocycles. The molecule has 8 heteroatoms. The van der Waals surface area contributed by atoms with E-state index in [0.29, 0.717) is 11.6 Å². The van der Waals surface area contributed by atoms with Crippen LogP contribution in [0, 0.1) is 0 Å². The van der Waals surface area contributed by atoms with E-state index >= 15 is 0 Å².